The Hall–Kier alpha value is -2.44. The number of carbonyl (C=O) groups is 1. The van der Waals surface area contributed by atoms with Crippen LogP contribution in [0.5, 0.6) is 5.75 Å². The summed E-state index contributed by atoms with van der Waals surface area (Å²) >= 11 is 0. The fourth-order valence-corrected chi connectivity index (χ4v) is 4.21. The molecule has 0 spiro atoms. The number of amides is 1. The van der Waals surface area contributed by atoms with Crippen LogP contribution in [0.2, 0.25) is 0 Å². The van der Waals surface area contributed by atoms with Gasteiger partial charge in [-0.15, -0.1) is 0 Å². The number of likely N-dealkylation sites (tertiary alicyclic amines) is 1. The first-order valence-corrected chi connectivity index (χ1v) is 10.6. The van der Waals surface area contributed by atoms with E-state index < -0.39 is 0 Å². The molecule has 2 aromatic rings. The first kappa shape index (κ1) is 19.9. The third-order valence-corrected chi connectivity index (χ3v) is 6.07. The lowest BCUT2D eigenvalue weighted by Crippen LogP contribution is -2.60. The molecule has 0 unspecified atom stereocenters. The van der Waals surface area contributed by atoms with Crippen LogP contribution in [0.25, 0.3) is 0 Å². The highest BCUT2D eigenvalue weighted by Gasteiger charge is 2.34. The quantitative estimate of drug-likeness (QED) is 0.671. The van der Waals surface area contributed by atoms with E-state index in [1.54, 1.807) is 24.3 Å². The molecule has 0 radical (unpaired) electrons. The van der Waals surface area contributed by atoms with Gasteiger partial charge >= 0.3 is 0 Å². The fraction of sp³-hybridized carbons (Fsp3) is 0.478. The van der Waals surface area contributed by atoms with Crippen molar-refractivity contribution >= 4 is 5.91 Å². The maximum Gasteiger partial charge on any atom is 0.224 e. The lowest BCUT2D eigenvalue weighted by atomic mass is 9.84. The summed E-state index contributed by atoms with van der Waals surface area (Å²) < 4.78 is 0. The molecule has 1 aromatic carbocycles. The third-order valence-electron chi connectivity index (χ3n) is 6.07. The molecule has 3 N–H and O–H groups in total. The second kappa shape index (κ2) is 9.37. The predicted octanol–water partition coefficient (Wildman–Crippen LogP) is 2.23. The van der Waals surface area contributed by atoms with Gasteiger partial charge in [0, 0.05) is 44.0 Å². The Morgan fingerprint density at radius 1 is 1.03 bits per heavy atom. The first-order chi connectivity index (χ1) is 14.2. The zero-order chi connectivity index (χ0) is 20.1. The molecule has 2 aliphatic rings. The second-order valence-corrected chi connectivity index (χ2v) is 8.24. The number of hydrogen-bond acceptors (Lipinski definition) is 5. The van der Waals surface area contributed by atoms with E-state index in [1.165, 1.54) is 0 Å². The number of nitrogens with zero attached hydrogens (tertiary/aromatic N) is 2. The molecule has 4 rings (SSSR count). The summed E-state index contributed by atoms with van der Waals surface area (Å²) in [7, 11) is 0. The van der Waals surface area contributed by atoms with Crippen LogP contribution in [-0.2, 0) is 17.8 Å². The van der Waals surface area contributed by atoms with Crippen molar-refractivity contribution in [2.75, 3.05) is 13.1 Å². The van der Waals surface area contributed by atoms with Crippen LogP contribution in [0.15, 0.2) is 48.7 Å². The highest BCUT2D eigenvalue weighted by Crippen LogP contribution is 2.23. The normalized spacial score (nSPS) is 22.8. The Morgan fingerprint density at radius 3 is 2.45 bits per heavy atom. The van der Waals surface area contributed by atoms with E-state index >= 15 is 0 Å². The molecule has 1 amide bonds. The molecule has 29 heavy (non-hydrogen) atoms. The number of piperidine rings is 1. The smallest absolute Gasteiger partial charge is 0.224 e. The number of nitrogens with one attached hydrogen (secondary N) is 2. The van der Waals surface area contributed by atoms with Crippen LogP contribution in [0.3, 0.4) is 0 Å². The number of aromatic hydroxyl groups is 1. The summed E-state index contributed by atoms with van der Waals surface area (Å²) in [6, 6.07) is 14.1. The van der Waals surface area contributed by atoms with Gasteiger partial charge in [0.25, 0.3) is 0 Å². The molecule has 6 heteroatoms. The van der Waals surface area contributed by atoms with E-state index in [2.05, 4.69) is 26.6 Å². The minimum atomic E-state index is 0.0531. The van der Waals surface area contributed by atoms with Gasteiger partial charge in [-0.3, -0.25) is 14.7 Å². The summed E-state index contributed by atoms with van der Waals surface area (Å²) in [4.78, 5) is 19.2. The SMILES string of the molecule is O=C(Cc1ccc(O)cc1)N[C@H]1CC[C@H]1NC1CCN(Cc2ccccn2)CC1. The highest BCUT2D eigenvalue weighted by molar-refractivity contribution is 5.79. The Kier molecular flexibility index (Phi) is 6.42. The average Bonchev–Trinajstić information content (AvgIpc) is 2.73. The van der Waals surface area contributed by atoms with Crippen LogP contribution in [0.1, 0.15) is 36.9 Å². The minimum absolute atomic E-state index is 0.0531. The molecule has 1 saturated carbocycles. The summed E-state index contributed by atoms with van der Waals surface area (Å²) in [6.07, 6.45) is 6.65. The number of aromatic nitrogens is 1. The van der Waals surface area contributed by atoms with Gasteiger partial charge in [0.15, 0.2) is 0 Å². The van der Waals surface area contributed by atoms with Crippen molar-refractivity contribution in [3.63, 3.8) is 0 Å². The topological polar surface area (TPSA) is 77.5 Å². The van der Waals surface area contributed by atoms with Gasteiger partial charge in [-0.1, -0.05) is 18.2 Å². The minimum Gasteiger partial charge on any atom is -0.508 e. The van der Waals surface area contributed by atoms with Crippen molar-refractivity contribution in [2.45, 2.75) is 56.8 Å². The number of phenolic OH excluding ortho intramolecular Hbond substituents is 1. The van der Waals surface area contributed by atoms with Gasteiger partial charge in [0.2, 0.25) is 5.91 Å². The van der Waals surface area contributed by atoms with Crippen molar-refractivity contribution in [1.29, 1.82) is 0 Å². The Labute approximate surface area is 172 Å². The molecule has 2 atom stereocenters. The number of rotatable bonds is 7. The summed E-state index contributed by atoms with van der Waals surface area (Å²) in [6.45, 7) is 3.09. The fourth-order valence-electron chi connectivity index (χ4n) is 4.21. The predicted molar refractivity (Wildman–Crippen MR) is 112 cm³/mol. The molecule has 154 valence electrons. The van der Waals surface area contributed by atoms with E-state index in [0.717, 1.165) is 56.6 Å². The molecule has 2 heterocycles. The summed E-state index contributed by atoms with van der Waals surface area (Å²) in [5, 5.41) is 16.3. The van der Waals surface area contributed by atoms with E-state index in [0.29, 0.717) is 18.5 Å². The number of carbonyl (C=O) groups excluding carboxylic acids is 1. The zero-order valence-electron chi connectivity index (χ0n) is 16.8. The van der Waals surface area contributed by atoms with Crippen molar-refractivity contribution in [3.05, 3.63) is 59.9 Å². The number of hydrogen-bond donors (Lipinski definition) is 3. The molecule has 1 aliphatic heterocycles. The van der Waals surface area contributed by atoms with Crippen LogP contribution in [-0.4, -0.2) is 52.1 Å². The van der Waals surface area contributed by atoms with Gasteiger partial charge in [-0.05, 0) is 55.5 Å². The van der Waals surface area contributed by atoms with E-state index in [-0.39, 0.29) is 17.7 Å². The van der Waals surface area contributed by atoms with Crippen LogP contribution < -0.4 is 10.6 Å². The Morgan fingerprint density at radius 2 is 1.79 bits per heavy atom. The van der Waals surface area contributed by atoms with Crippen molar-refractivity contribution in [2.24, 2.45) is 0 Å². The monoisotopic (exact) mass is 394 g/mol. The van der Waals surface area contributed by atoms with Crippen LogP contribution in [0.4, 0.5) is 0 Å². The van der Waals surface area contributed by atoms with Gasteiger partial charge in [0.1, 0.15) is 5.75 Å². The Balaban J connectivity index is 1.18. The number of benzene rings is 1. The molecule has 0 bridgehead atoms. The maximum absolute atomic E-state index is 12.3. The second-order valence-electron chi connectivity index (χ2n) is 8.24. The lowest BCUT2D eigenvalue weighted by molar-refractivity contribution is -0.122. The summed E-state index contributed by atoms with van der Waals surface area (Å²) in [5.74, 6) is 0.279. The largest absolute Gasteiger partial charge is 0.508 e. The van der Waals surface area contributed by atoms with Gasteiger partial charge in [-0.25, -0.2) is 0 Å². The molecule has 2 fully saturated rings. The zero-order valence-corrected chi connectivity index (χ0v) is 16.8. The highest BCUT2D eigenvalue weighted by atomic mass is 16.3. The standard InChI is InChI=1S/C23H30N4O2/c28-20-6-4-17(5-7-20)15-23(29)26-22-9-8-21(22)25-18-10-13-27(14-11-18)16-19-3-1-2-12-24-19/h1-7,12,18,21-22,25,28H,8-11,13-16H2,(H,26,29)/t21-,22+/m1/s1. The van der Waals surface area contributed by atoms with Gasteiger partial charge < -0.3 is 15.7 Å². The first-order valence-electron chi connectivity index (χ1n) is 10.6. The lowest BCUT2D eigenvalue weighted by Gasteiger charge is -2.42. The van der Waals surface area contributed by atoms with Crippen LogP contribution in [0, 0.1) is 0 Å². The molecular formula is C23H30N4O2. The van der Waals surface area contributed by atoms with E-state index in [1.807, 2.05) is 18.3 Å². The Bertz CT molecular complexity index is 788. The average molecular weight is 395 g/mol. The van der Waals surface area contributed by atoms with Gasteiger partial charge in [0.05, 0.1) is 12.1 Å². The van der Waals surface area contributed by atoms with Gasteiger partial charge in [-0.2, -0.15) is 0 Å². The number of pyridine rings is 1. The van der Waals surface area contributed by atoms with Crippen molar-refractivity contribution in [1.82, 2.24) is 20.5 Å². The molecule has 1 saturated heterocycles. The van der Waals surface area contributed by atoms with E-state index in [4.69, 9.17) is 0 Å². The van der Waals surface area contributed by atoms with Crippen molar-refractivity contribution < 1.29 is 9.90 Å². The molecule has 6 nitrogen and oxygen atoms in total. The molecule has 1 aromatic heterocycles. The molecule has 1 aliphatic carbocycles. The van der Waals surface area contributed by atoms with Crippen LogP contribution >= 0.6 is 0 Å². The molecular weight excluding hydrogens is 364 g/mol. The van der Waals surface area contributed by atoms with E-state index in [9.17, 15) is 9.90 Å². The maximum atomic E-state index is 12.3. The number of phenols is 1. The summed E-state index contributed by atoms with van der Waals surface area (Å²) in [5.41, 5.74) is 2.05. The van der Waals surface area contributed by atoms with Crippen molar-refractivity contribution in [3.8, 4) is 5.75 Å². The third kappa shape index (κ3) is 5.55.